The summed E-state index contributed by atoms with van der Waals surface area (Å²) in [6.45, 7) is 7.23. The molecule has 0 bridgehead atoms. The average molecular weight is 1010 g/mol. The molecule has 2 saturated heterocycles. The van der Waals surface area contributed by atoms with Gasteiger partial charge in [0.1, 0.15) is 48.3 Å². The molecular formula is C44H77N13O14. The summed E-state index contributed by atoms with van der Waals surface area (Å²) in [5, 5.41) is 56.5. The predicted molar refractivity (Wildman–Crippen MR) is 255 cm³/mol. The molecule has 2 fully saturated rings. The first-order chi connectivity index (χ1) is 33.4. The van der Waals surface area contributed by atoms with Gasteiger partial charge in [-0.05, 0) is 69.1 Å². The molecular weight excluding hydrogens is 935 g/mol. The highest BCUT2D eigenvalue weighted by molar-refractivity contribution is 5.98. The van der Waals surface area contributed by atoms with E-state index in [1.54, 1.807) is 27.7 Å². The Balaban J connectivity index is 2.08. The molecule has 2 aliphatic heterocycles. The maximum absolute atomic E-state index is 13.7. The van der Waals surface area contributed by atoms with Gasteiger partial charge in [-0.25, -0.2) is 4.79 Å². The van der Waals surface area contributed by atoms with Gasteiger partial charge in [0.05, 0.1) is 32.4 Å². The fraction of sp³-hybridized carbons (Fsp3) is 0.750. The molecule has 17 N–H and O–H groups in total. The number of carboxylic acid groups (broad SMARTS) is 1. The number of nitrogens with zero attached hydrogens (tertiary/aromatic N) is 3. The van der Waals surface area contributed by atoms with Crippen LogP contribution in [0.4, 0.5) is 0 Å². The third-order valence-corrected chi connectivity index (χ3v) is 11.7. The molecule has 2 aliphatic rings. The van der Waals surface area contributed by atoms with Gasteiger partial charge in [0, 0.05) is 19.6 Å². The second-order valence-corrected chi connectivity index (χ2v) is 18.9. The Labute approximate surface area is 412 Å². The number of amides is 9. The van der Waals surface area contributed by atoms with Crippen LogP contribution >= 0.6 is 0 Å². The van der Waals surface area contributed by atoms with E-state index in [1.165, 1.54) is 4.90 Å². The lowest BCUT2D eigenvalue weighted by Gasteiger charge is -2.30. The number of rotatable bonds is 29. The smallest absolute Gasteiger partial charge is 0.326 e. The van der Waals surface area contributed by atoms with Crippen molar-refractivity contribution in [1.29, 1.82) is 0 Å². The van der Waals surface area contributed by atoms with Crippen molar-refractivity contribution in [1.82, 2.24) is 47.0 Å². The first-order valence-electron chi connectivity index (χ1n) is 23.9. The van der Waals surface area contributed by atoms with E-state index >= 15 is 0 Å². The lowest BCUT2D eigenvalue weighted by molar-refractivity contribution is -0.144. The number of hydrogen-bond donors (Lipinski definition) is 14. The van der Waals surface area contributed by atoms with Gasteiger partial charge >= 0.3 is 5.97 Å². The highest BCUT2D eigenvalue weighted by Crippen LogP contribution is 2.21. The van der Waals surface area contributed by atoms with Crippen LogP contribution in [0.5, 0.6) is 0 Å². The fourth-order valence-corrected chi connectivity index (χ4v) is 8.06. The van der Waals surface area contributed by atoms with E-state index in [-0.39, 0.29) is 63.0 Å². The topological polar surface area (TPSA) is 433 Å². The fourth-order valence-electron chi connectivity index (χ4n) is 8.06. The molecule has 0 aliphatic carbocycles. The minimum atomic E-state index is -1.72. The third kappa shape index (κ3) is 19.5. The number of nitrogens with one attached hydrogen (secondary N) is 7. The molecule has 0 unspecified atom stereocenters. The van der Waals surface area contributed by atoms with Gasteiger partial charge in [-0.2, -0.15) is 0 Å². The molecule has 9 amide bonds. The number of hydrogen-bond acceptors (Lipinski definition) is 15. The number of guanidine groups is 1. The van der Waals surface area contributed by atoms with Crippen LogP contribution in [-0.4, -0.2) is 196 Å². The number of aliphatic hydroxyl groups is 3. The van der Waals surface area contributed by atoms with Crippen LogP contribution in [0.25, 0.3) is 0 Å². The van der Waals surface area contributed by atoms with Crippen LogP contribution in [-0.2, 0) is 47.9 Å². The zero-order valence-electron chi connectivity index (χ0n) is 41.5. The van der Waals surface area contributed by atoms with Crippen LogP contribution in [0.15, 0.2) is 4.99 Å². The maximum atomic E-state index is 13.7. The molecule has 2 heterocycles. The predicted octanol–water partition coefficient (Wildman–Crippen LogP) is -5.82. The van der Waals surface area contributed by atoms with E-state index in [4.69, 9.17) is 17.2 Å². The third-order valence-electron chi connectivity index (χ3n) is 11.7. The van der Waals surface area contributed by atoms with Gasteiger partial charge in [0.15, 0.2) is 5.96 Å². The number of nitrogens with two attached hydrogens (primary N) is 3. The van der Waals surface area contributed by atoms with Crippen molar-refractivity contribution in [2.24, 2.45) is 39.9 Å². The minimum absolute atomic E-state index is 0.00804. The van der Waals surface area contributed by atoms with E-state index < -0.39 is 146 Å². The van der Waals surface area contributed by atoms with Crippen molar-refractivity contribution < 1.29 is 68.4 Å². The average Bonchev–Trinajstić information content (AvgIpc) is 4.01. The molecule has 9 atom stereocenters. The molecule has 27 heteroatoms. The summed E-state index contributed by atoms with van der Waals surface area (Å²) in [7, 11) is 0. The van der Waals surface area contributed by atoms with E-state index in [0.29, 0.717) is 25.8 Å². The molecule has 71 heavy (non-hydrogen) atoms. The largest absolute Gasteiger partial charge is 0.480 e. The molecule has 0 spiro atoms. The second-order valence-electron chi connectivity index (χ2n) is 18.9. The SMILES string of the molecule is CC(C)C[C@H](NC(=O)[C@@H](NC(=O)[C@H](CO)NC(=O)[C@@H]1CCCN1C(=O)[C@H](CO)NC(=O)[C@H](CO)NC(=O)CNC(=O)[C@H](CCCN=C(N)N)NC(=O)[C@@H]1CCCN1C(=O)[C@@H](N)CC(C)C)C(C)C)C(=O)O. The van der Waals surface area contributed by atoms with Gasteiger partial charge in [0.2, 0.25) is 53.2 Å². The molecule has 2 rings (SSSR count). The standard InChI is InChI=1S/C44H77N13O14/c1-22(2)16-25(45)41(68)56-14-8-11-31(56)38(65)51-26(10-7-13-48-44(46)47)35(62)49-18-33(61)50-28(19-58)36(63)54-30(21-60)42(69)57-15-9-12-32(57)39(66)53-29(20-59)37(64)55-34(24(5)6)40(67)52-27(43(70)71)17-23(3)4/h22-32,34,58-60H,7-21,45H2,1-6H3,(H,49,62)(H,50,61)(H,51,65)(H,52,67)(H,53,66)(H,54,63)(H,55,64)(H,70,71)(H4,46,47,48)/t25-,26-,27-,28-,29-,30-,31-,32-,34-/m0/s1. The van der Waals surface area contributed by atoms with Crippen LogP contribution in [0.1, 0.15) is 92.9 Å². The summed E-state index contributed by atoms with van der Waals surface area (Å²) in [5.41, 5.74) is 16.9. The summed E-state index contributed by atoms with van der Waals surface area (Å²) >= 11 is 0. The lowest BCUT2D eigenvalue weighted by Crippen LogP contribution is -2.61. The second kappa shape index (κ2) is 29.9. The van der Waals surface area contributed by atoms with Crippen molar-refractivity contribution in [2.75, 3.05) is 46.0 Å². The zero-order valence-corrected chi connectivity index (χ0v) is 41.5. The van der Waals surface area contributed by atoms with E-state index in [1.807, 2.05) is 13.8 Å². The Morgan fingerprint density at radius 3 is 1.59 bits per heavy atom. The summed E-state index contributed by atoms with van der Waals surface area (Å²) in [5.74, 6) is -9.51. The quantitative estimate of drug-likeness (QED) is 0.0189. The van der Waals surface area contributed by atoms with Crippen LogP contribution in [0.2, 0.25) is 0 Å². The van der Waals surface area contributed by atoms with Crippen molar-refractivity contribution in [3.63, 3.8) is 0 Å². The van der Waals surface area contributed by atoms with Gasteiger partial charge in [-0.1, -0.05) is 41.5 Å². The molecule has 0 aromatic rings. The number of aliphatic hydroxyl groups excluding tert-OH is 3. The molecule has 0 radical (unpaired) electrons. The molecule has 0 aromatic heterocycles. The van der Waals surface area contributed by atoms with Crippen molar-refractivity contribution in [3.05, 3.63) is 0 Å². The Morgan fingerprint density at radius 2 is 1.10 bits per heavy atom. The summed E-state index contributed by atoms with van der Waals surface area (Å²) in [4.78, 5) is 138. The monoisotopic (exact) mass is 1010 g/mol. The van der Waals surface area contributed by atoms with Crippen molar-refractivity contribution in [2.45, 2.75) is 147 Å². The van der Waals surface area contributed by atoms with E-state index in [9.17, 15) is 68.4 Å². The number of carboxylic acids is 1. The number of aliphatic imine (C=N–C) groups is 1. The number of aliphatic carboxylic acids is 1. The molecule has 0 saturated carbocycles. The summed E-state index contributed by atoms with van der Waals surface area (Å²) < 4.78 is 0. The van der Waals surface area contributed by atoms with E-state index in [2.05, 4.69) is 42.2 Å². The molecule has 27 nitrogen and oxygen atoms in total. The number of carbonyl (C=O) groups is 10. The summed E-state index contributed by atoms with van der Waals surface area (Å²) in [6, 6.07) is -11.7. The molecule has 0 aromatic carbocycles. The van der Waals surface area contributed by atoms with Crippen molar-refractivity contribution >= 4 is 65.1 Å². The number of likely N-dealkylation sites (tertiary alicyclic amines) is 2. The Morgan fingerprint density at radius 1 is 0.606 bits per heavy atom. The Hall–Kier alpha value is -6.19. The lowest BCUT2D eigenvalue weighted by atomic mass is 10.00. The molecule has 402 valence electrons. The Kier molecular flexibility index (Phi) is 25.6. The van der Waals surface area contributed by atoms with Gasteiger partial charge in [0.25, 0.3) is 0 Å². The number of carbonyl (C=O) groups excluding carboxylic acids is 9. The van der Waals surface area contributed by atoms with Gasteiger partial charge in [-0.15, -0.1) is 0 Å². The van der Waals surface area contributed by atoms with Gasteiger partial charge in [-0.3, -0.25) is 48.1 Å². The minimum Gasteiger partial charge on any atom is -0.480 e. The first-order valence-corrected chi connectivity index (χ1v) is 23.9. The van der Waals surface area contributed by atoms with Crippen LogP contribution in [0, 0.1) is 17.8 Å². The first kappa shape index (κ1) is 60.9. The van der Waals surface area contributed by atoms with Crippen LogP contribution in [0.3, 0.4) is 0 Å². The van der Waals surface area contributed by atoms with Crippen LogP contribution < -0.4 is 54.4 Å². The highest BCUT2D eigenvalue weighted by Gasteiger charge is 2.41. The van der Waals surface area contributed by atoms with E-state index in [0.717, 1.165) is 4.90 Å². The highest BCUT2D eigenvalue weighted by atomic mass is 16.4. The Bertz CT molecular complexity index is 1900. The normalized spacial score (nSPS) is 18.5. The summed E-state index contributed by atoms with van der Waals surface area (Å²) in [6.07, 6.45) is 1.94. The van der Waals surface area contributed by atoms with Crippen molar-refractivity contribution in [3.8, 4) is 0 Å². The van der Waals surface area contributed by atoms with Gasteiger partial charge < -0.3 is 84.6 Å². The zero-order chi connectivity index (χ0) is 53.7. The maximum Gasteiger partial charge on any atom is 0.326 e.